The fourth-order valence-corrected chi connectivity index (χ4v) is 3.87. The number of aliphatic hydroxyl groups is 1. The average molecular weight is 425 g/mol. The Morgan fingerprint density at radius 2 is 1.61 bits per heavy atom. The van der Waals surface area contributed by atoms with Crippen LogP contribution in [0.2, 0.25) is 0 Å². The highest BCUT2D eigenvalue weighted by Gasteiger charge is 2.16. The minimum atomic E-state index is -0.438. The Morgan fingerprint density at radius 3 is 2.29 bits per heavy atom. The molecular weight excluding hydrogens is 392 g/mol. The molecule has 0 aliphatic heterocycles. The molecular formula is C26H32O5. The van der Waals surface area contributed by atoms with Crippen molar-refractivity contribution in [1.82, 2.24) is 0 Å². The molecule has 0 amide bonds. The van der Waals surface area contributed by atoms with Crippen LogP contribution in [-0.2, 0) is 9.53 Å². The highest BCUT2D eigenvalue weighted by Crippen LogP contribution is 2.36. The van der Waals surface area contributed by atoms with Gasteiger partial charge in [0, 0.05) is 5.57 Å². The summed E-state index contributed by atoms with van der Waals surface area (Å²) in [6.45, 7) is 5.57. The predicted octanol–water partition coefficient (Wildman–Crippen LogP) is 5.27. The topological polar surface area (TPSA) is 65.0 Å². The SMILES string of the molecule is C=C(C)C(=O)OCCOc1cc(-c2ccc(C3CCCCC3)cc2)ccc1OCCO. The van der Waals surface area contributed by atoms with Crippen LogP contribution in [0, 0.1) is 0 Å². The maximum absolute atomic E-state index is 11.5. The Bertz CT molecular complexity index is 866. The van der Waals surface area contributed by atoms with Crippen LogP contribution in [-0.4, -0.2) is 37.5 Å². The van der Waals surface area contributed by atoms with Crippen molar-refractivity contribution in [1.29, 1.82) is 0 Å². The zero-order valence-electron chi connectivity index (χ0n) is 18.3. The second-order valence-corrected chi connectivity index (χ2v) is 7.96. The van der Waals surface area contributed by atoms with Crippen LogP contribution in [0.5, 0.6) is 11.5 Å². The van der Waals surface area contributed by atoms with E-state index in [0.717, 1.165) is 11.1 Å². The molecule has 0 spiro atoms. The minimum Gasteiger partial charge on any atom is -0.487 e. The first kappa shape index (κ1) is 22.9. The van der Waals surface area contributed by atoms with E-state index in [4.69, 9.17) is 19.3 Å². The molecule has 31 heavy (non-hydrogen) atoms. The van der Waals surface area contributed by atoms with Gasteiger partial charge >= 0.3 is 5.97 Å². The third kappa shape index (κ3) is 6.59. The van der Waals surface area contributed by atoms with Crippen LogP contribution in [0.25, 0.3) is 11.1 Å². The summed E-state index contributed by atoms with van der Waals surface area (Å²) < 4.78 is 16.5. The molecule has 0 saturated heterocycles. The fourth-order valence-electron chi connectivity index (χ4n) is 3.87. The second-order valence-electron chi connectivity index (χ2n) is 7.96. The minimum absolute atomic E-state index is 0.0833. The van der Waals surface area contributed by atoms with E-state index in [1.54, 1.807) is 6.92 Å². The summed E-state index contributed by atoms with van der Waals surface area (Å²) in [7, 11) is 0. The number of carbonyl (C=O) groups excluding carboxylic acids is 1. The number of aliphatic hydroxyl groups excluding tert-OH is 1. The van der Waals surface area contributed by atoms with E-state index in [0.29, 0.717) is 23.0 Å². The Balaban J connectivity index is 1.70. The second kappa shape index (κ2) is 11.6. The van der Waals surface area contributed by atoms with E-state index >= 15 is 0 Å². The smallest absolute Gasteiger partial charge is 0.333 e. The van der Waals surface area contributed by atoms with Gasteiger partial charge < -0.3 is 19.3 Å². The van der Waals surface area contributed by atoms with Gasteiger partial charge in [0.15, 0.2) is 11.5 Å². The summed E-state index contributed by atoms with van der Waals surface area (Å²) in [4.78, 5) is 11.5. The third-order valence-corrected chi connectivity index (χ3v) is 5.54. The van der Waals surface area contributed by atoms with Crippen LogP contribution in [0.15, 0.2) is 54.6 Å². The van der Waals surface area contributed by atoms with Crippen LogP contribution in [0.3, 0.4) is 0 Å². The molecule has 0 heterocycles. The lowest BCUT2D eigenvalue weighted by molar-refractivity contribution is -0.139. The maximum atomic E-state index is 11.5. The van der Waals surface area contributed by atoms with Gasteiger partial charge in [0.2, 0.25) is 0 Å². The molecule has 2 aromatic carbocycles. The molecule has 0 unspecified atom stereocenters. The van der Waals surface area contributed by atoms with E-state index in [2.05, 4.69) is 30.8 Å². The van der Waals surface area contributed by atoms with Crippen LogP contribution in [0.4, 0.5) is 0 Å². The number of ether oxygens (including phenoxy) is 3. The van der Waals surface area contributed by atoms with Crippen LogP contribution in [0.1, 0.15) is 50.5 Å². The molecule has 2 aromatic rings. The van der Waals surface area contributed by atoms with Gasteiger partial charge in [-0.3, -0.25) is 0 Å². The van der Waals surface area contributed by atoms with Gasteiger partial charge in [-0.2, -0.15) is 0 Å². The lowest BCUT2D eigenvalue weighted by Crippen LogP contribution is -2.13. The van der Waals surface area contributed by atoms with Crippen molar-refractivity contribution in [2.45, 2.75) is 44.9 Å². The first-order chi connectivity index (χ1) is 15.1. The number of hydrogen-bond donors (Lipinski definition) is 1. The average Bonchev–Trinajstić information content (AvgIpc) is 2.81. The van der Waals surface area contributed by atoms with Crippen LogP contribution >= 0.6 is 0 Å². The van der Waals surface area contributed by atoms with E-state index in [1.165, 1.54) is 37.7 Å². The van der Waals surface area contributed by atoms with Gasteiger partial charge in [0.05, 0.1) is 6.61 Å². The molecule has 5 nitrogen and oxygen atoms in total. The third-order valence-electron chi connectivity index (χ3n) is 5.54. The van der Waals surface area contributed by atoms with Gasteiger partial charge in [-0.05, 0) is 54.5 Å². The fraction of sp³-hybridized carbons (Fsp3) is 0.423. The van der Waals surface area contributed by atoms with E-state index < -0.39 is 5.97 Å². The van der Waals surface area contributed by atoms with Crippen molar-refractivity contribution in [3.8, 4) is 22.6 Å². The summed E-state index contributed by atoms with van der Waals surface area (Å²) in [5.74, 6) is 1.33. The molecule has 1 aliphatic carbocycles. The van der Waals surface area contributed by atoms with Gasteiger partial charge in [-0.25, -0.2) is 4.79 Å². The zero-order chi connectivity index (χ0) is 22.1. The molecule has 1 saturated carbocycles. The lowest BCUT2D eigenvalue weighted by atomic mass is 9.84. The van der Waals surface area contributed by atoms with E-state index in [9.17, 15) is 4.79 Å². The van der Waals surface area contributed by atoms with E-state index in [-0.39, 0.29) is 26.4 Å². The van der Waals surface area contributed by atoms with Gasteiger partial charge in [0.25, 0.3) is 0 Å². The molecule has 0 atom stereocenters. The lowest BCUT2D eigenvalue weighted by Gasteiger charge is -2.22. The number of carbonyl (C=O) groups is 1. The van der Waals surface area contributed by atoms with Gasteiger partial charge in [-0.15, -0.1) is 0 Å². The molecule has 3 rings (SSSR count). The normalized spacial score (nSPS) is 14.1. The van der Waals surface area contributed by atoms with Gasteiger partial charge in [0.1, 0.15) is 19.8 Å². The summed E-state index contributed by atoms with van der Waals surface area (Å²) >= 11 is 0. The van der Waals surface area contributed by atoms with Crippen molar-refractivity contribution in [2.75, 3.05) is 26.4 Å². The first-order valence-electron chi connectivity index (χ1n) is 11.0. The molecule has 1 aliphatic rings. The van der Waals surface area contributed by atoms with Crippen LogP contribution < -0.4 is 9.47 Å². The van der Waals surface area contributed by atoms with Crippen molar-refractivity contribution >= 4 is 5.97 Å². The Labute approximate surface area is 184 Å². The molecule has 1 N–H and O–H groups in total. The summed E-state index contributed by atoms with van der Waals surface area (Å²) in [6.07, 6.45) is 6.57. The van der Waals surface area contributed by atoms with Crippen molar-refractivity contribution in [2.24, 2.45) is 0 Å². The quantitative estimate of drug-likeness (QED) is 0.320. The monoisotopic (exact) mass is 424 g/mol. The summed E-state index contributed by atoms with van der Waals surface area (Å²) in [6, 6.07) is 14.5. The summed E-state index contributed by atoms with van der Waals surface area (Å²) in [5.41, 5.74) is 3.89. The Morgan fingerprint density at radius 1 is 0.935 bits per heavy atom. The molecule has 0 aromatic heterocycles. The molecule has 5 heteroatoms. The van der Waals surface area contributed by atoms with Crippen molar-refractivity contribution < 1.29 is 24.1 Å². The Kier molecular flexibility index (Phi) is 8.53. The molecule has 0 bridgehead atoms. The number of benzene rings is 2. The zero-order valence-corrected chi connectivity index (χ0v) is 18.3. The standard InChI is InChI=1S/C26H32O5/c1-19(2)26(28)31-17-16-30-25-18-23(12-13-24(25)29-15-14-27)22-10-8-21(9-11-22)20-6-4-3-5-7-20/h8-13,18,20,27H,1,3-7,14-17H2,2H3. The number of esters is 1. The Hall–Kier alpha value is -2.79. The van der Waals surface area contributed by atoms with Gasteiger partial charge in [-0.1, -0.05) is 56.2 Å². The predicted molar refractivity (Wildman–Crippen MR) is 122 cm³/mol. The molecule has 0 radical (unpaired) electrons. The highest BCUT2D eigenvalue weighted by atomic mass is 16.6. The van der Waals surface area contributed by atoms with Crippen molar-refractivity contribution in [3.63, 3.8) is 0 Å². The molecule has 166 valence electrons. The number of rotatable bonds is 10. The van der Waals surface area contributed by atoms with Crippen molar-refractivity contribution in [3.05, 3.63) is 60.2 Å². The largest absolute Gasteiger partial charge is 0.487 e. The number of hydrogen-bond acceptors (Lipinski definition) is 5. The highest BCUT2D eigenvalue weighted by molar-refractivity contribution is 5.86. The molecule has 1 fully saturated rings. The first-order valence-corrected chi connectivity index (χ1v) is 11.0. The van der Waals surface area contributed by atoms with E-state index in [1.807, 2.05) is 18.2 Å². The summed E-state index contributed by atoms with van der Waals surface area (Å²) in [5, 5.41) is 9.08. The maximum Gasteiger partial charge on any atom is 0.333 e.